The van der Waals surface area contributed by atoms with Gasteiger partial charge in [0.05, 0.1) is 28.0 Å². The lowest BCUT2D eigenvalue weighted by molar-refractivity contribution is -0.122. The number of anilines is 1. The maximum atomic E-state index is 13.7. The van der Waals surface area contributed by atoms with Gasteiger partial charge in [-0.25, -0.2) is 4.90 Å². The van der Waals surface area contributed by atoms with Crippen LogP contribution >= 0.6 is 0 Å². The second-order valence-corrected chi connectivity index (χ2v) is 10.2. The summed E-state index contributed by atoms with van der Waals surface area (Å²) in [6.07, 6.45) is 0. The quantitative estimate of drug-likeness (QED) is 0.589. The van der Waals surface area contributed by atoms with Gasteiger partial charge in [-0.1, -0.05) is 42.5 Å². The van der Waals surface area contributed by atoms with E-state index in [1.165, 1.54) is 4.90 Å². The topological polar surface area (TPSA) is 94.9 Å². The average Bonchev–Trinajstić information content (AvgIpc) is 3.38. The highest BCUT2D eigenvalue weighted by Gasteiger charge is 2.68. The van der Waals surface area contributed by atoms with Crippen LogP contribution in [0.15, 0.2) is 78.9 Å². The SMILES string of the molecule is O=C1[C@@H]2[C@H](C(=O)N1c1ccccc1)[C@@H]1C(c3ccc(O)cc3)=C(c3ccc(O)cc3)[C@H]2S1=O. The van der Waals surface area contributed by atoms with Gasteiger partial charge in [-0.15, -0.1) is 0 Å². The van der Waals surface area contributed by atoms with Gasteiger partial charge in [0.1, 0.15) is 11.5 Å². The molecule has 1 unspecified atom stereocenters. The minimum absolute atomic E-state index is 0.107. The summed E-state index contributed by atoms with van der Waals surface area (Å²) in [5, 5.41) is 18.3. The molecule has 0 spiro atoms. The summed E-state index contributed by atoms with van der Waals surface area (Å²) in [7, 11) is -1.46. The molecule has 3 aromatic carbocycles. The van der Waals surface area contributed by atoms with Crippen LogP contribution in [-0.4, -0.2) is 36.7 Å². The summed E-state index contributed by atoms with van der Waals surface area (Å²) in [4.78, 5) is 28.3. The van der Waals surface area contributed by atoms with Crippen molar-refractivity contribution in [2.45, 2.75) is 10.5 Å². The zero-order valence-electron chi connectivity index (χ0n) is 17.3. The zero-order valence-corrected chi connectivity index (χ0v) is 18.1. The van der Waals surface area contributed by atoms with Crippen molar-refractivity contribution in [1.82, 2.24) is 0 Å². The lowest BCUT2D eigenvalue weighted by atomic mass is 9.73. The third-order valence-electron chi connectivity index (χ3n) is 6.78. The Morgan fingerprint density at radius 3 is 1.48 bits per heavy atom. The number of nitrogens with zero attached hydrogens (tertiary/aromatic N) is 1. The van der Waals surface area contributed by atoms with Crippen LogP contribution in [0.5, 0.6) is 11.5 Å². The Bertz CT molecular complexity index is 1260. The average molecular weight is 458 g/mol. The van der Waals surface area contributed by atoms with Gasteiger partial charge in [0, 0.05) is 10.8 Å². The van der Waals surface area contributed by atoms with Crippen molar-refractivity contribution in [3.63, 3.8) is 0 Å². The van der Waals surface area contributed by atoms with Gasteiger partial charge >= 0.3 is 0 Å². The van der Waals surface area contributed by atoms with E-state index >= 15 is 0 Å². The summed E-state index contributed by atoms with van der Waals surface area (Å²) < 4.78 is 13.7. The fourth-order valence-corrected chi connectivity index (χ4v) is 7.90. The van der Waals surface area contributed by atoms with E-state index in [9.17, 15) is 24.0 Å². The van der Waals surface area contributed by atoms with E-state index in [1.807, 2.05) is 6.07 Å². The number of amides is 2. The highest BCUT2D eigenvalue weighted by molar-refractivity contribution is 7.88. The molecule has 5 atom stereocenters. The molecule has 3 aliphatic heterocycles. The van der Waals surface area contributed by atoms with Crippen LogP contribution in [0.25, 0.3) is 11.1 Å². The first-order chi connectivity index (χ1) is 16.0. The molecule has 0 aromatic heterocycles. The molecule has 3 aromatic rings. The van der Waals surface area contributed by atoms with Crippen LogP contribution < -0.4 is 4.90 Å². The number of carbonyl (C=O) groups is 2. The van der Waals surface area contributed by atoms with Crippen molar-refractivity contribution in [1.29, 1.82) is 0 Å². The van der Waals surface area contributed by atoms with Gasteiger partial charge in [-0.05, 0) is 58.7 Å². The van der Waals surface area contributed by atoms with Crippen LogP contribution in [0.4, 0.5) is 5.69 Å². The standard InChI is InChI=1S/C26H19NO5S/c28-17-10-6-14(7-11-17)19-20(15-8-12-18(29)13-9-15)24-22-21(23(19)33(24)32)25(30)27(26(22)31)16-4-2-1-3-5-16/h1-13,21-24,28-29H/t21-,22+,23-,24+,33?. The van der Waals surface area contributed by atoms with Gasteiger partial charge in [0.15, 0.2) is 0 Å². The number of phenols is 2. The van der Waals surface area contributed by atoms with Crippen molar-refractivity contribution >= 4 is 39.4 Å². The normalized spacial score (nSPS) is 28.0. The summed E-state index contributed by atoms with van der Waals surface area (Å²) in [5.41, 5.74) is 3.56. The minimum atomic E-state index is -1.46. The molecular weight excluding hydrogens is 438 g/mol. The smallest absolute Gasteiger partial charge is 0.239 e. The van der Waals surface area contributed by atoms with E-state index < -0.39 is 33.1 Å². The van der Waals surface area contributed by atoms with Crippen molar-refractivity contribution in [2.24, 2.45) is 11.8 Å². The molecule has 2 saturated heterocycles. The van der Waals surface area contributed by atoms with Crippen LogP contribution in [0.3, 0.4) is 0 Å². The number of hydrogen-bond acceptors (Lipinski definition) is 5. The van der Waals surface area contributed by atoms with E-state index in [0.717, 1.165) is 22.3 Å². The highest BCUT2D eigenvalue weighted by atomic mass is 32.2. The largest absolute Gasteiger partial charge is 0.508 e. The number of aromatic hydroxyl groups is 2. The number of hydrogen-bond donors (Lipinski definition) is 2. The van der Waals surface area contributed by atoms with Crippen molar-refractivity contribution < 1.29 is 24.0 Å². The number of para-hydroxylation sites is 1. The third kappa shape index (κ3) is 2.75. The Morgan fingerprint density at radius 2 is 1.06 bits per heavy atom. The number of fused-ring (bicyclic) bond motifs is 5. The van der Waals surface area contributed by atoms with E-state index in [1.54, 1.807) is 72.8 Å². The molecule has 0 saturated carbocycles. The summed E-state index contributed by atoms with van der Waals surface area (Å²) in [5.74, 6) is -1.83. The number of carbonyl (C=O) groups excluding carboxylic acids is 2. The molecule has 3 heterocycles. The molecule has 0 aliphatic carbocycles. The van der Waals surface area contributed by atoms with Crippen molar-refractivity contribution in [2.75, 3.05) is 4.90 Å². The fourth-order valence-electron chi connectivity index (χ4n) is 5.45. The van der Waals surface area contributed by atoms with Crippen molar-refractivity contribution in [3.8, 4) is 11.5 Å². The molecule has 6 nitrogen and oxygen atoms in total. The maximum Gasteiger partial charge on any atom is 0.239 e. The minimum Gasteiger partial charge on any atom is -0.508 e. The molecule has 2 bridgehead atoms. The van der Waals surface area contributed by atoms with Crippen LogP contribution in [0.2, 0.25) is 0 Å². The lowest BCUT2D eigenvalue weighted by Gasteiger charge is -2.25. The van der Waals surface area contributed by atoms with Crippen LogP contribution in [0.1, 0.15) is 11.1 Å². The first-order valence-corrected chi connectivity index (χ1v) is 11.9. The lowest BCUT2D eigenvalue weighted by Crippen LogP contribution is -2.35. The van der Waals surface area contributed by atoms with Gasteiger partial charge in [-0.3, -0.25) is 13.8 Å². The summed E-state index contributed by atoms with van der Waals surface area (Å²) in [6, 6.07) is 22.0. The molecule has 6 rings (SSSR count). The number of phenolic OH excluding ortho intramolecular Hbond substituents is 2. The fraction of sp³-hybridized carbons (Fsp3) is 0.154. The van der Waals surface area contributed by atoms with Gasteiger partial charge in [-0.2, -0.15) is 0 Å². The molecule has 2 N–H and O–H groups in total. The van der Waals surface area contributed by atoms with E-state index in [2.05, 4.69) is 0 Å². The molecule has 2 amide bonds. The van der Waals surface area contributed by atoms with Gasteiger partial charge in [0.25, 0.3) is 0 Å². The molecular formula is C26H19NO5S. The summed E-state index contributed by atoms with van der Waals surface area (Å²) >= 11 is 0. The second-order valence-electron chi connectivity index (χ2n) is 8.49. The molecule has 3 aliphatic rings. The highest BCUT2D eigenvalue weighted by Crippen LogP contribution is 2.59. The number of benzene rings is 3. The maximum absolute atomic E-state index is 13.7. The monoisotopic (exact) mass is 457 g/mol. The zero-order chi connectivity index (χ0) is 22.9. The second kappa shape index (κ2) is 7.15. The molecule has 7 heteroatoms. The predicted octanol–water partition coefficient (Wildman–Crippen LogP) is 3.33. The molecule has 0 radical (unpaired) electrons. The van der Waals surface area contributed by atoms with E-state index in [-0.39, 0.29) is 23.3 Å². The predicted molar refractivity (Wildman–Crippen MR) is 125 cm³/mol. The first-order valence-electron chi connectivity index (χ1n) is 10.6. The first kappa shape index (κ1) is 19.9. The Kier molecular flexibility index (Phi) is 4.32. The summed E-state index contributed by atoms with van der Waals surface area (Å²) in [6.45, 7) is 0. The Hall–Kier alpha value is -3.71. The van der Waals surface area contributed by atoms with E-state index in [4.69, 9.17) is 0 Å². The Morgan fingerprint density at radius 1 is 0.636 bits per heavy atom. The number of rotatable bonds is 3. The Labute approximate surface area is 192 Å². The third-order valence-corrected chi connectivity index (χ3v) is 8.84. The van der Waals surface area contributed by atoms with Crippen LogP contribution in [-0.2, 0) is 20.4 Å². The van der Waals surface area contributed by atoms with Crippen molar-refractivity contribution in [3.05, 3.63) is 90.0 Å². The van der Waals surface area contributed by atoms with E-state index in [0.29, 0.717) is 5.69 Å². The molecule has 164 valence electrons. The van der Waals surface area contributed by atoms with Gasteiger partial charge in [0.2, 0.25) is 11.8 Å². The van der Waals surface area contributed by atoms with Crippen LogP contribution in [0, 0.1) is 11.8 Å². The Balaban J connectivity index is 1.54. The number of imide groups is 1. The molecule has 33 heavy (non-hydrogen) atoms. The molecule has 2 fully saturated rings. The van der Waals surface area contributed by atoms with Gasteiger partial charge < -0.3 is 10.2 Å².